The van der Waals surface area contributed by atoms with Gasteiger partial charge < -0.3 is 15.0 Å². The number of methoxy groups -OCH3 is 1. The zero-order valence-electron chi connectivity index (χ0n) is 16.2. The average Bonchev–Trinajstić information content (AvgIpc) is 3.02. The van der Waals surface area contributed by atoms with E-state index in [-0.39, 0.29) is 35.3 Å². The van der Waals surface area contributed by atoms with E-state index in [0.717, 1.165) is 32.1 Å². The molecular formula is C22H27FN2O3. The van der Waals surface area contributed by atoms with Crippen LogP contribution in [0.3, 0.4) is 0 Å². The Morgan fingerprint density at radius 3 is 2.64 bits per heavy atom. The van der Waals surface area contributed by atoms with E-state index in [4.69, 9.17) is 4.74 Å². The molecule has 0 aromatic heterocycles. The predicted octanol–water partition coefficient (Wildman–Crippen LogP) is 3.13. The van der Waals surface area contributed by atoms with Crippen LogP contribution in [0, 0.1) is 29.0 Å². The van der Waals surface area contributed by atoms with Gasteiger partial charge in [-0.25, -0.2) is 9.18 Å². The van der Waals surface area contributed by atoms with Crippen LogP contribution in [0.4, 0.5) is 9.18 Å². The van der Waals surface area contributed by atoms with Crippen LogP contribution in [0.25, 0.3) is 0 Å². The summed E-state index contributed by atoms with van der Waals surface area (Å²) in [6, 6.07) is 6.85. The summed E-state index contributed by atoms with van der Waals surface area (Å²) in [4.78, 5) is 27.3. The molecule has 150 valence electrons. The first-order valence-corrected chi connectivity index (χ1v) is 10.4. The van der Waals surface area contributed by atoms with E-state index in [0.29, 0.717) is 36.3 Å². The number of rotatable bonds is 4. The third-order valence-electron chi connectivity index (χ3n) is 7.63. The monoisotopic (exact) mass is 386 g/mol. The van der Waals surface area contributed by atoms with Crippen molar-refractivity contribution < 1.29 is 18.7 Å². The van der Waals surface area contributed by atoms with E-state index in [1.807, 2.05) is 11.0 Å². The molecule has 6 rings (SSSR count). The van der Waals surface area contributed by atoms with Gasteiger partial charge in [-0.3, -0.25) is 4.79 Å². The van der Waals surface area contributed by atoms with Crippen LogP contribution < -0.4 is 5.32 Å². The van der Waals surface area contributed by atoms with Crippen molar-refractivity contribution in [3.05, 3.63) is 35.6 Å². The first-order chi connectivity index (χ1) is 13.5. The van der Waals surface area contributed by atoms with Crippen LogP contribution in [-0.4, -0.2) is 42.6 Å². The molecule has 28 heavy (non-hydrogen) atoms. The average molecular weight is 386 g/mol. The lowest BCUT2D eigenvalue weighted by atomic mass is 9.47. The normalized spacial score (nSPS) is 38.6. The molecule has 4 saturated carbocycles. The Morgan fingerprint density at radius 1 is 1.25 bits per heavy atom. The molecule has 0 radical (unpaired) electrons. The number of urea groups is 1. The number of carbonyl (C=O) groups excluding carboxylic acids is 2. The van der Waals surface area contributed by atoms with E-state index < -0.39 is 0 Å². The molecule has 1 heterocycles. The van der Waals surface area contributed by atoms with Crippen LogP contribution in [0.2, 0.25) is 0 Å². The minimum atomic E-state index is -0.329. The summed E-state index contributed by atoms with van der Waals surface area (Å²) in [7, 11) is 1.49. The van der Waals surface area contributed by atoms with Crippen molar-refractivity contribution in [2.75, 3.05) is 13.7 Å². The Balaban J connectivity index is 1.33. The number of nitrogens with one attached hydrogen (secondary N) is 1. The lowest BCUT2D eigenvalue weighted by molar-refractivity contribution is -0.174. The number of halogens is 1. The Morgan fingerprint density at radius 2 is 1.96 bits per heavy atom. The fourth-order valence-electron chi connectivity index (χ4n) is 6.90. The van der Waals surface area contributed by atoms with Gasteiger partial charge in [0.05, 0.1) is 18.6 Å². The van der Waals surface area contributed by atoms with Gasteiger partial charge in [-0.1, -0.05) is 18.2 Å². The molecule has 1 saturated heterocycles. The highest BCUT2D eigenvalue weighted by atomic mass is 19.1. The second-order valence-corrected chi connectivity index (χ2v) is 9.33. The molecular weight excluding hydrogens is 359 g/mol. The molecule has 5 aliphatic rings. The quantitative estimate of drug-likeness (QED) is 0.809. The fraction of sp³-hybridized carbons (Fsp3) is 0.636. The maximum atomic E-state index is 14.0. The first kappa shape index (κ1) is 18.0. The maximum absolute atomic E-state index is 14.0. The smallest absolute Gasteiger partial charge is 0.318 e. The summed E-state index contributed by atoms with van der Waals surface area (Å²) in [5.74, 6) is 1.03. The van der Waals surface area contributed by atoms with Crippen LogP contribution in [0.1, 0.15) is 37.7 Å². The number of hydrogen-bond donors (Lipinski definition) is 1. The summed E-state index contributed by atoms with van der Waals surface area (Å²) in [6.07, 6.45) is 5.31. The lowest BCUT2D eigenvalue weighted by Gasteiger charge is -2.60. The number of hydrogen-bond acceptors (Lipinski definition) is 3. The molecule has 0 spiro atoms. The maximum Gasteiger partial charge on any atom is 0.318 e. The Labute approximate surface area is 164 Å². The largest absolute Gasteiger partial charge is 0.469 e. The summed E-state index contributed by atoms with van der Waals surface area (Å²) < 4.78 is 19.2. The molecule has 1 N–H and O–H groups in total. The van der Waals surface area contributed by atoms with Crippen LogP contribution in [-0.2, 0) is 16.0 Å². The zero-order valence-corrected chi connectivity index (χ0v) is 16.2. The summed E-state index contributed by atoms with van der Waals surface area (Å²) in [6.45, 7) is 0.612. The number of esters is 1. The SMILES string of the molecule is COC(=O)C12CC3CC(C1)C(N1CC(Cc4ccccc4F)NC1=O)C(C3)C2. The molecule has 5 nitrogen and oxygen atoms in total. The highest BCUT2D eigenvalue weighted by molar-refractivity contribution is 5.79. The summed E-state index contributed by atoms with van der Waals surface area (Å²) >= 11 is 0. The third kappa shape index (κ3) is 2.72. The van der Waals surface area contributed by atoms with Crippen LogP contribution in [0.5, 0.6) is 0 Å². The molecule has 1 aliphatic heterocycles. The van der Waals surface area contributed by atoms with Crippen molar-refractivity contribution >= 4 is 12.0 Å². The summed E-state index contributed by atoms with van der Waals surface area (Å²) in [5.41, 5.74) is 0.314. The van der Waals surface area contributed by atoms with Gasteiger partial charge in [0.15, 0.2) is 0 Å². The van der Waals surface area contributed by atoms with E-state index in [2.05, 4.69) is 5.32 Å². The molecule has 2 amide bonds. The minimum absolute atomic E-state index is 0.0362. The second kappa shape index (κ2) is 6.46. The highest BCUT2D eigenvalue weighted by Gasteiger charge is 2.61. The Bertz CT molecular complexity index is 797. The van der Waals surface area contributed by atoms with Crippen LogP contribution >= 0.6 is 0 Å². The lowest BCUT2D eigenvalue weighted by Crippen LogP contribution is -2.61. The number of ether oxygens (including phenoxy) is 1. The van der Waals surface area contributed by atoms with E-state index in [9.17, 15) is 14.0 Å². The van der Waals surface area contributed by atoms with Gasteiger partial charge in [0.1, 0.15) is 5.82 Å². The van der Waals surface area contributed by atoms with Gasteiger partial charge in [-0.15, -0.1) is 0 Å². The van der Waals surface area contributed by atoms with Crippen molar-refractivity contribution in [2.24, 2.45) is 23.2 Å². The number of amides is 2. The Kier molecular flexibility index (Phi) is 4.14. The minimum Gasteiger partial charge on any atom is -0.469 e. The molecule has 4 aliphatic carbocycles. The van der Waals surface area contributed by atoms with E-state index in [1.54, 1.807) is 12.1 Å². The number of benzene rings is 1. The van der Waals surface area contributed by atoms with Crippen molar-refractivity contribution in [1.29, 1.82) is 0 Å². The van der Waals surface area contributed by atoms with Crippen molar-refractivity contribution in [2.45, 2.75) is 50.6 Å². The number of carbonyl (C=O) groups is 2. The topological polar surface area (TPSA) is 58.6 Å². The van der Waals surface area contributed by atoms with E-state index in [1.165, 1.54) is 13.2 Å². The Hall–Kier alpha value is -2.11. The molecule has 3 unspecified atom stereocenters. The van der Waals surface area contributed by atoms with Gasteiger partial charge >= 0.3 is 12.0 Å². The predicted molar refractivity (Wildman–Crippen MR) is 101 cm³/mol. The number of nitrogens with zero attached hydrogens (tertiary/aromatic N) is 1. The van der Waals surface area contributed by atoms with Gasteiger partial charge in [-0.2, -0.15) is 0 Å². The fourth-order valence-corrected chi connectivity index (χ4v) is 6.90. The second-order valence-electron chi connectivity index (χ2n) is 9.33. The van der Waals surface area contributed by atoms with Crippen molar-refractivity contribution in [3.63, 3.8) is 0 Å². The first-order valence-electron chi connectivity index (χ1n) is 10.4. The van der Waals surface area contributed by atoms with Gasteiger partial charge in [0.2, 0.25) is 0 Å². The van der Waals surface area contributed by atoms with Crippen LogP contribution in [0.15, 0.2) is 24.3 Å². The van der Waals surface area contributed by atoms with Crippen molar-refractivity contribution in [3.8, 4) is 0 Å². The molecule has 3 atom stereocenters. The molecule has 4 bridgehead atoms. The van der Waals surface area contributed by atoms with Gasteiger partial charge in [-0.05, 0) is 67.9 Å². The van der Waals surface area contributed by atoms with E-state index >= 15 is 0 Å². The van der Waals surface area contributed by atoms with Crippen molar-refractivity contribution in [1.82, 2.24) is 10.2 Å². The highest BCUT2D eigenvalue weighted by Crippen LogP contribution is 2.61. The standard InChI is InChI=1S/C22H27FN2O3/c1-28-20(26)22-9-13-6-15(10-22)19(16(7-13)11-22)25-12-17(24-21(25)27)8-14-4-2-3-5-18(14)23/h2-5,13,15-17,19H,6-12H2,1H3,(H,24,27). The summed E-state index contributed by atoms with van der Waals surface area (Å²) in [5, 5.41) is 3.06. The third-order valence-corrected chi connectivity index (χ3v) is 7.63. The molecule has 5 fully saturated rings. The molecule has 1 aromatic carbocycles. The molecule has 1 aromatic rings. The van der Waals surface area contributed by atoms with Gasteiger partial charge in [0.25, 0.3) is 0 Å². The molecule has 6 heteroatoms. The zero-order chi connectivity index (χ0) is 19.5. The van der Waals surface area contributed by atoms with Gasteiger partial charge in [0, 0.05) is 12.6 Å².